The van der Waals surface area contributed by atoms with Crippen LogP contribution in [0.1, 0.15) is 23.7 Å². The maximum atomic E-state index is 13.3. The number of rotatable bonds is 4. The summed E-state index contributed by atoms with van der Waals surface area (Å²) in [6, 6.07) is 14.2. The second-order valence-electron chi connectivity index (χ2n) is 6.48. The third kappa shape index (κ3) is 3.11. The Balaban J connectivity index is 1.72. The van der Waals surface area contributed by atoms with Gasteiger partial charge in [-0.25, -0.2) is 9.37 Å². The smallest absolute Gasteiger partial charge is 0.137 e. The highest BCUT2D eigenvalue weighted by Crippen LogP contribution is 2.46. The molecule has 26 heavy (non-hydrogen) atoms. The molecule has 0 spiro atoms. The highest BCUT2D eigenvalue weighted by molar-refractivity contribution is 6.30. The molecular formula is C19H18ClFN4O. The van der Waals surface area contributed by atoms with Crippen molar-refractivity contribution < 1.29 is 9.23 Å². The topological polar surface area (TPSA) is 43.2 Å². The number of likely N-dealkylation sites (N-methyl/N-ethyl adjacent to an activating group) is 1. The van der Waals surface area contributed by atoms with Crippen LogP contribution in [0.25, 0.3) is 0 Å². The third-order valence-corrected chi connectivity index (χ3v) is 5.18. The number of aromatic nitrogens is 3. The van der Waals surface area contributed by atoms with Crippen LogP contribution in [0.5, 0.6) is 0 Å². The summed E-state index contributed by atoms with van der Waals surface area (Å²) in [4.78, 5) is 10.2. The molecule has 2 aromatic carbocycles. The Labute approximate surface area is 155 Å². The van der Waals surface area contributed by atoms with Gasteiger partial charge in [-0.05, 0) is 35.4 Å². The number of nitrogens with zero attached hydrogens (tertiary/aromatic N) is 4. The number of benzene rings is 2. The van der Waals surface area contributed by atoms with Crippen molar-refractivity contribution in [1.82, 2.24) is 19.8 Å². The number of hydrogen-bond donors (Lipinski definition) is 0. The zero-order valence-corrected chi connectivity index (χ0v) is 15.0. The van der Waals surface area contributed by atoms with Crippen LogP contribution in [-0.2, 0) is 16.9 Å². The van der Waals surface area contributed by atoms with Gasteiger partial charge in [-0.3, -0.25) is 9.52 Å². The molecule has 1 saturated heterocycles. The quantitative estimate of drug-likeness (QED) is 0.695. The van der Waals surface area contributed by atoms with Crippen molar-refractivity contribution in [3.05, 3.63) is 83.2 Å². The Hall–Kier alpha value is -2.28. The largest absolute Gasteiger partial charge is 0.290 e. The van der Waals surface area contributed by atoms with Gasteiger partial charge in [0.05, 0.1) is 12.1 Å². The van der Waals surface area contributed by atoms with Crippen LogP contribution < -0.4 is 0 Å². The molecule has 4 rings (SSSR count). The molecule has 3 aromatic rings. The fraction of sp³-hybridized carbons (Fsp3) is 0.263. The summed E-state index contributed by atoms with van der Waals surface area (Å²) in [5.41, 5.74) is 1.56. The van der Waals surface area contributed by atoms with Crippen LogP contribution in [-0.4, -0.2) is 26.9 Å². The van der Waals surface area contributed by atoms with Gasteiger partial charge in [0.1, 0.15) is 24.6 Å². The summed E-state index contributed by atoms with van der Waals surface area (Å²) in [7, 11) is 1.91. The van der Waals surface area contributed by atoms with Crippen molar-refractivity contribution in [3.63, 3.8) is 0 Å². The van der Waals surface area contributed by atoms with E-state index >= 15 is 0 Å². The summed E-state index contributed by atoms with van der Waals surface area (Å²) in [5, 5.41) is 6.81. The molecule has 2 unspecified atom stereocenters. The Kier molecular flexibility index (Phi) is 4.48. The third-order valence-electron chi connectivity index (χ3n) is 4.92. The van der Waals surface area contributed by atoms with E-state index in [2.05, 4.69) is 10.1 Å². The zero-order chi connectivity index (χ0) is 18.1. The van der Waals surface area contributed by atoms with Gasteiger partial charge in [0.15, 0.2) is 0 Å². The van der Waals surface area contributed by atoms with Gasteiger partial charge < -0.3 is 0 Å². The molecule has 0 N–H and O–H groups in total. The summed E-state index contributed by atoms with van der Waals surface area (Å²) < 4.78 is 15.1. The lowest BCUT2D eigenvalue weighted by Gasteiger charge is -2.34. The van der Waals surface area contributed by atoms with E-state index in [-0.39, 0.29) is 11.9 Å². The number of halogens is 2. The molecule has 1 aliphatic heterocycles. The first-order chi connectivity index (χ1) is 12.6. The van der Waals surface area contributed by atoms with Crippen molar-refractivity contribution in [3.8, 4) is 0 Å². The van der Waals surface area contributed by atoms with Crippen LogP contribution in [0.4, 0.5) is 4.39 Å². The van der Waals surface area contributed by atoms with E-state index in [0.717, 1.165) is 11.1 Å². The van der Waals surface area contributed by atoms with Crippen LogP contribution in [0.3, 0.4) is 0 Å². The fourth-order valence-electron chi connectivity index (χ4n) is 3.52. The first-order valence-corrected chi connectivity index (χ1v) is 8.69. The standard InChI is InChI=1S/C19H18ClFN4O/c1-24-19(11-25-13-22-12-23-25,15-4-6-16(20)7-5-15)10-18(26-24)14-2-8-17(21)9-3-14/h2-9,12-13,18H,10-11H2,1H3. The molecule has 0 aliphatic carbocycles. The molecule has 2 atom stereocenters. The van der Waals surface area contributed by atoms with Gasteiger partial charge in [0.25, 0.3) is 0 Å². The second-order valence-corrected chi connectivity index (χ2v) is 6.92. The molecule has 134 valence electrons. The Morgan fingerprint density at radius 2 is 1.92 bits per heavy atom. The van der Waals surface area contributed by atoms with Crippen molar-refractivity contribution in [2.75, 3.05) is 7.05 Å². The van der Waals surface area contributed by atoms with Gasteiger partial charge in [-0.15, -0.1) is 0 Å². The molecule has 0 amide bonds. The van der Waals surface area contributed by atoms with E-state index < -0.39 is 5.54 Å². The Bertz CT molecular complexity index is 870. The zero-order valence-electron chi connectivity index (χ0n) is 14.2. The van der Waals surface area contributed by atoms with E-state index in [4.69, 9.17) is 16.4 Å². The highest BCUT2D eigenvalue weighted by Gasteiger charge is 2.47. The van der Waals surface area contributed by atoms with Crippen molar-refractivity contribution in [2.45, 2.75) is 24.6 Å². The lowest BCUT2D eigenvalue weighted by Crippen LogP contribution is -2.41. The molecule has 2 heterocycles. The number of hydroxylamine groups is 2. The van der Waals surface area contributed by atoms with Gasteiger partial charge in [0.2, 0.25) is 0 Å². The van der Waals surface area contributed by atoms with E-state index in [1.165, 1.54) is 18.5 Å². The predicted octanol–water partition coefficient (Wildman–Crippen LogP) is 3.97. The van der Waals surface area contributed by atoms with Crippen molar-refractivity contribution in [1.29, 1.82) is 0 Å². The maximum Gasteiger partial charge on any atom is 0.137 e. The van der Waals surface area contributed by atoms with E-state index in [9.17, 15) is 4.39 Å². The summed E-state index contributed by atoms with van der Waals surface area (Å²) in [6.45, 7) is 0.572. The van der Waals surface area contributed by atoms with E-state index in [1.54, 1.807) is 23.1 Å². The van der Waals surface area contributed by atoms with Gasteiger partial charge >= 0.3 is 0 Å². The Morgan fingerprint density at radius 3 is 2.58 bits per heavy atom. The predicted molar refractivity (Wildman–Crippen MR) is 95.8 cm³/mol. The molecule has 1 aromatic heterocycles. The van der Waals surface area contributed by atoms with Gasteiger partial charge in [-0.1, -0.05) is 35.9 Å². The molecule has 1 fully saturated rings. The van der Waals surface area contributed by atoms with Gasteiger partial charge in [0, 0.05) is 18.5 Å². The first-order valence-electron chi connectivity index (χ1n) is 8.31. The molecule has 7 heteroatoms. The monoisotopic (exact) mass is 372 g/mol. The highest BCUT2D eigenvalue weighted by atomic mass is 35.5. The fourth-order valence-corrected chi connectivity index (χ4v) is 3.64. The SMILES string of the molecule is CN1OC(c2ccc(F)cc2)CC1(Cn1cncn1)c1ccc(Cl)cc1. The first kappa shape index (κ1) is 17.1. The minimum atomic E-state index is -0.447. The number of hydrogen-bond acceptors (Lipinski definition) is 4. The lowest BCUT2D eigenvalue weighted by atomic mass is 9.84. The van der Waals surface area contributed by atoms with Crippen LogP contribution in [0, 0.1) is 5.82 Å². The Morgan fingerprint density at radius 1 is 1.19 bits per heavy atom. The average Bonchev–Trinajstić information content (AvgIpc) is 3.25. The van der Waals surface area contributed by atoms with Gasteiger partial charge in [-0.2, -0.15) is 10.2 Å². The molecule has 0 radical (unpaired) electrons. The van der Waals surface area contributed by atoms with Crippen molar-refractivity contribution in [2.24, 2.45) is 0 Å². The summed E-state index contributed by atoms with van der Waals surface area (Å²) >= 11 is 6.07. The summed E-state index contributed by atoms with van der Waals surface area (Å²) in [6.07, 6.45) is 3.72. The minimum Gasteiger partial charge on any atom is -0.290 e. The van der Waals surface area contributed by atoms with Crippen molar-refractivity contribution >= 4 is 11.6 Å². The van der Waals surface area contributed by atoms with E-state index in [1.807, 2.05) is 36.4 Å². The average molecular weight is 373 g/mol. The molecular weight excluding hydrogens is 355 g/mol. The molecule has 0 bridgehead atoms. The maximum absolute atomic E-state index is 13.3. The molecule has 5 nitrogen and oxygen atoms in total. The molecule has 0 saturated carbocycles. The van der Waals surface area contributed by atoms with E-state index in [0.29, 0.717) is 18.0 Å². The minimum absolute atomic E-state index is 0.181. The van der Waals surface area contributed by atoms with Crippen LogP contribution >= 0.6 is 11.6 Å². The lowest BCUT2D eigenvalue weighted by molar-refractivity contribution is -0.176. The molecule has 1 aliphatic rings. The normalized spacial score (nSPS) is 23.4. The second kappa shape index (κ2) is 6.79. The van der Waals surface area contributed by atoms with Crippen LogP contribution in [0.2, 0.25) is 5.02 Å². The van der Waals surface area contributed by atoms with Crippen LogP contribution in [0.15, 0.2) is 61.2 Å². The summed E-state index contributed by atoms with van der Waals surface area (Å²) in [5.74, 6) is -0.258.